The van der Waals surface area contributed by atoms with E-state index in [1.165, 1.54) is 26.3 Å². The summed E-state index contributed by atoms with van der Waals surface area (Å²) >= 11 is 0. The predicted octanol–water partition coefficient (Wildman–Crippen LogP) is 2.35. The second-order valence-corrected chi connectivity index (χ2v) is 11.8. The molecule has 0 radical (unpaired) electrons. The summed E-state index contributed by atoms with van der Waals surface area (Å²) in [6.45, 7) is 4.98. The number of hydroxylamine groups is 2. The second-order valence-electron chi connectivity index (χ2n) is 10.1. The lowest BCUT2D eigenvalue weighted by Gasteiger charge is -2.25. The number of carbonyl (C=O) groups is 3. The van der Waals surface area contributed by atoms with Crippen molar-refractivity contribution in [2.45, 2.75) is 50.2 Å². The summed E-state index contributed by atoms with van der Waals surface area (Å²) in [6.07, 6.45) is 1.48. The van der Waals surface area contributed by atoms with Gasteiger partial charge in [0, 0.05) is 30.6 Å². The number of amides is 2. The Bertz CT molecular complexity index is 1530. The van der Waals surface area contributed by atoms with Crippen LogP contribution in [0, 0.1) is 0 Å². The molecule has 13 heteroatoms. The maximum absolute atomic E-state index is 13.6. The minimum absolute atomic E-state index is 0.0220. The third kappa shape index (κ3) is 8.46. The van der Waals surface area contributed by atoms with Gasteiger partial charge in [-0.2, -0.15) is 4.72 Å². The van der Waals surface area contributed by atoms with E-state index in [9.17, 15) is 22.8 Å². The molecule has 1 heterocycles. The third-order valence-corrected chi connectivity index (χ3v) is 7.36. The second kappa shape index (κ2) is 13.1. The van der Waals surface area contributed by atoms with E-state index >= 15 is 0 Å². The number of carbonyl (C=O) groups excluding carboxylic acids is 3. The maximum atomic E-state index is 13.6. The van der Waals surface area contributed by atoms with Gasteiger partial charge in [-0.05, 0) is 56.7 Å². The topological polar surface area (TPSA) is 167 Å². The van der Waals surface area contributed by atoms with E-state index in [4.69, 9.17) is 20.0 Å². The molecule has 0 saturated carbocycles. The quantitative estimate of drug-likeness (QED) is 0.239. The van der Waals surface area contributed by atoms with E-state index in [1.54, 1.807) is 27.0 Å². The van der Waals surface area contributed by atoms with Crippen molar-refractivity contribution in [3.05, 3.63) is 65.9 Å². The molecule has 0 bridgehead atoms. The predicted molar refractivity (Wildman–Crippen MR) is 150 cm³/mol. The molecule has 2 aromatic carbocycles. The van der Waals surface area contributed by atoms with Crippen molar-refractivity contribution < 1.29 is 37.1 Å². The van der Waals surface area contributed by atoms with Crippen LogP contribution in [-0.2, 0) is 35.6 Å². The molecule has 1 aromatic heterocycles. The number of primary amides is 1. The molecule has 0 aliphatic heterocycles. The minimum atomic E-state index is -4.49. The van der Waals surface area contributed by atoms with Gasteiger partial charge < -0.3 is 15.2 Å². The number of ether oxygens (including phenoxy) is 2. The first-order valence-corrected chi connectivity index (χ1v) is 14.2. The van der Waals surface area contributed by atoms with Crippen molar-refractivity contribution in [3.63, 3.8) is 0 Å². The van der Waals surface area contributed by atoms with Gasteiger partial charge in [0.05, 0.1) is 25.7 Å². The number of esters is 1. The molecule has 220 valence electrons. The standard InChI is InChI=1S/C28H34N4O8S/c1-28(2,3)40-25(33)17-22(27(35)32(4)38-5)31-41(36,37)24-12-11-19(26(29)34)16-23(24)39-15-13-18-8-6-10-21-20(18)9-7-14-30-21/h6-12,14,16,22,31H,13,15,17H2,1-5H3,(H2,29,34). The van der Waals surface area contributed by atoms with E-state index in [0.717, 1.165) is 27.6 Å². The van der Waals surface area contributed by atoms with Gasteiger partial charge >= 0.3 is 5.97 Å². The molecular formula is C28H34N4O8S. The van der Waals surface area contributed by atoms with E-state index in [2.05, 4.69) is 9.71 Å². The summed E-state index contributed by atoms with van der Waals surface area (Å²) in [5.41, 5.74) is 6.31. The van der Waals surface area contributed by atoms with Crippen LogP contribution >= 0.6 is 0 Å². The van der Waals surface area contributed by atoms with Crippen LogP contribution in [0.2, 0.25) is 0 Å². The maximum Gasteiger partial charge on any atom is 0.308 e. The number of aromatic nitrogens is 1. The molecule has 41 heavy (non-hydrogen) atoms. The SMILES string of the molecule is CON(C)C(=O)C(CC(=O)OC(C)(C)C)NS(=O)(=O)c1ccc(C(N)=O)cc1OCCc1cccc2ncccc12. The molecule has 0 saturated heterocycles. The molecule has 0 fully saturated rings. The van der Waals surface area contributed by atoms with E-state index < -0.39 is 45.9 Å². The van der Waals surface area contributed by atoms with Gasteiger partial charge in [0.15, 0.2) is 0 Å². The number of likely N-dealkylation sites (N-methyl/N-ethyl adjacent to an activating group) is 1. The summed E-state index contributed by atoms with van der Waals surface area (Å²) < 4.78 is 40.5. The highest BCUT2D eigenvalue weighted by atomic mass is 32.2. The molecule has 12 nitrogen and oxygen atoms in total. The molecule has 3 N–H and O–H groups in total. The Morgan fingerprint density at radius 3 is 2.49 bits per heavy atom. The van der Waals surface area contributed by atoms with Crippen LogP contribution in [0.25, 0.3) is 10.9 Å². The van der Waals surface area contributed by atoms with Crippen LogP contribution < -0.4 is 15.2 Å². The normalized spacial score (nSPS) is 12.5. The average Bonchev–Trinajstić information content (AvgIpc) is 2.90. The zero-order chi connectivity index (χ0) is 30.4. The van der Waals surface area contributed by atoms with Gasteiger partial charge in [-0.1, -0.05) is 18.2 Å². The zero-order valence-corrected chi connectivity index (χ0v) is 24.4. The first-order chi connectivity index (χ1) is 19.2. The van der Waals surface area contributed by atoms with Crippen molar-refractivity contribution in [1.29, 1.82) is 0 Å². The van der Waals surface area contributed by atoms with E-state index in [-0.39, 0.29) is 22.8 Å². The number of rotatable bonds is 12. The Morgan fingerprint density at radius 2 is 1.83 bits per heavy atom. The van der Waals surface area contributed by atoms with Crippen molar-refractivity contribution in [3.8, 4) is 5.75 Å². The summed E-state index contributed by atoms with van der Waals surface area (Å²) in [6, 6.07) is 11.4. The minimum Gasteiger partial charge on any atom is -0.492 e. The van der Waals surface area contributed by atoms with Crippen LogP contribution in [-0.4, -0.2) is 68.7 Å². The number of nitrogens with zero attached hydrogens (tertiary/aromatic N) is 2. The van der Waals surface area contributed by atoms with Crippen LogP contribution in [0.4, 0.5) is 0 Å². The van der Waals surface area contributed by atoms with Gasteiger partial charge in [0.2, 0.25) is 15.9 Å². The lowest BCUT2D eigenvalue weighted by atomic mass is 10.1. The summed E-state index contributed by atoms with van der Waals surface area (Å²) in [5.74, 6) is -2.57. The van der Waals surface area contributed by atoms with Crippen molar-refractivity contribution in [1.82, 2.24) is 14.8 Å². The highest BCUT2D eigenvalue weighted by Gasteiger charge is 2.33. The molecule has 1 unspecified atom stereocenters. The highest BCUT2D eigenvalue weighted by molar-refractivity contribution is 7.89. The lowest BCUT2D eigenvalue weighted by molar-refractivity contribution is -0.173. The number of benzene rings is 2. The molecule has 3 aromatic rings. The number of hydrogen-bond acceptors (Lipinski definition) is 9. The summed E-state index contributed by atoms with van der Waals surface area (Å²) in [4.78, 5) is 46.2. The monoisotopic (exact) mass is 586 g/mol. The van der Waals surface area contributed by atoms with E-state index in [0.29, 0.717) is 6.42 Å². The molecular weight excluding hydrogens is 552 g/mol. The smallest absolute Gasteiger partial charge is 0.308 e. The number of nitrogens with one attached hydrogen (secondary N) is 1. The molecule has 0 aliphatic carbocycles. The Morgan fingerprint density at radius 1 is 1.10 bits per heavy atom. The fourth-order valence-electron chi connectivity index (χ4n) is 3.94. The van der Waals surface area contributed by atoms with Gasteiger partial charge in [-0.25, -0.2) is 13.5 Å². The Labute approximate surface area is 238 Å². The first-order valence-electron chi connectivity index (χ1n) is 12.7. The third-order valence-electron chi connectivity index (χ3n) is 5.85. The Balaban J connectivity index is 1.90. The average molecular weight is 587 g/mol. The number of hydrogen-bond donors (Lipinski definition) is 2. The number of fused-ring (bicyclic) bond motifs is 1. The number of pyridine rings is 1. The van der Waals surface area contributed by atoms with Crippen LogP contribution in [0.3, 0.4) is 0 Å². The van der Waals surface area contributed by atoms with Gasteiger partial charge in [0.25, 0.3) is 5.91 Å². The summed E-state index contributed by atoms with van der Waals surface area (Å²) in [5, 5.41) is 1.72. The molecule has 1 atom stereocenters. The van der Waals surface area contributed by atoms with Crippen LogP contribution in [0.5, 0.6) is 5.75 Å². The fourth-order valence-corrected chi connectivity index (χ4v) is 5.26. The van der Waals surface area contributed by atoms with Crippen molar-refractivity contribution >= 4 is 38.7 Å². The van der Waals surface area contributed by atoms with Gasteiger partial charge in [-0.3, -0.25) is 24.2 Å². The van der Waals surface area contributed by atoms with Crippen LogP contribution in [0.1, 0.15) is 43.1 Å². The Hall–Kier alpha value is -4.07. The lowest BCUT2D eigenvalue weighted by Crippen LogP contribution is -2.48. The highest BCUT2D eigenvalue weighted by Crippen LogP contribution is 2.27. The largest absolute Gasteiger partial charge is 0.492 e. The van der Waals surface area contributed by atoms with Crippen molar-refractivity contribution in [2.24, 2.45) is 5.73 Å². The van der Waals surface area contributed by atoms with E-state index in [1.807, 2.05) is 30.3 Å². The van der Waals surface area contributed by atoms with Gasteiger partial charge in [0.1, 0.15) is 22.3 Å². The first kappa shape index (κ1) is 31.5. The summed E-state index contributed by atoms with van der Waals surface area (Å²) in [7, 11) is -1.99. The Kier molecular flexibility index (Phi) is 10.0. The zero-order valence-electron chi connectivity index (χ0n) is 23.5. The van der Waals surface area contributed by atoms with Crippen LogP contribution in [0.15, 0.2) is 59.6 Å². The number of sulfonamides is 1. The molecule has 3 rings (SSSR count). The molecule has 0 aliphatic rings. The molecule has 0 spiro atoms. The molecule has 2 amide bonds. The van der Waals surface area contributed by atoms with Gasteiger partial charge in [-0.15, -0.1) is 0 Å². The fraction of sp³-hybridized carbons (Fsp3) is 0.357. The number of nitrogens with two attached hydrogens (primary N) is 1. The van der Waals surface area contributed by atoms with Crippen molar-refractivity contribution in [2.75, 3.05) is 20.8 Å².